The number of amides is 1. The third-order valence-corrected chi connectivity index (χ3v) is 3.35. The van der Waals surface area contributed by atoms with E-state index in [1.165, 1.54) is 16.9 Å². The molecule has 2 rings (SSSR count). The van der Waals surface area contributed by atoms with Crippen molar-refractivity contribution in [2.75, 3.05) is 5.32 Å². The minimum atomic E-state index is -1.08. The molecule has 1 heterocycles. The Kier molecular flexibility index (Phi) is 4.27. The molecule has 7 nitrogen and oxygen atoms in total. The fraction of sp³-hybridized carbons (Fsp3) is 0.154. The molecule has 1 amide bonds. The number of carbonyl (C=O) groups excluding carboxylic acids is 1. The summed E-state index contributed by atoms with van der Waals surface area (Å²) in [6.45, 7) is 0. The molecule has 110 valence electrons. The summed E-state index contributed by atoms with van der Waals surface area (Å²) in [7, 11) is 1.69. The summed E-state index contributed by atoms with van der Waals surface area (Å²) < 4.78 is 2.18. The highest BCUT2D eigenvalue weighted by molar-refractivity contribution is 9.10. The van der Waals surface area contributed by atoms with E-state index < -0.39 is 17.9 Å². The maximum absolute atomic E-state index is 11.5. The molecular weight excluding hydrogens is 340 g/mol. The van der Waals surface area contributed by atoms with Crippen LogP contribution in [0.1, 0.15) is 22.0 Å². The van der Waals surface area contributed by atoms with Gasteiger partial charge in [-0.2, -0.15) is 5.10 Å². The van der Waals surface area contributed by atoms with Gasteiger partial charge in [0.1, 0.15) is 0 Å². The first kappa shape index (κ1) is 15.0. The molecule has 1 unspecified atom stereocenters. The average Bonchev–Trinajstić information content (AvgIpc) is 2.83. The van der Waals surface area contributed by atoms with Gasteiger partial charge in [0.05, 0.1) is 11.8 Å². The number of anilines is 1. The Bertz CT molecular complexity index is 698. The van der Waals surface area contributed by atoms with E-state index >= 15 is 0 Å². The number of aliphatic carboxylic acids is 1. The summed E-state index contributed by atoms with van der Waals surface area (Å²) in [5.74, 6) is -1.73. The van der Waals surface area contributed by atoms with Gasteiger partial charge in [-0.15, -0.1) is 0 Å². The number of primary amides is 1. The first-order valence-corrected chi connectivity index (χ1v) is 6.75. The van der Waals surface area contributed by atoms with Crippen molar-refractivity contribution >= 4 is 33.5 Å². The van der Waals surface area contributed by atoms with Crippen LogP contribution in [0.4, 0.5) is 5.69 Å². The highest BCUT2D eigenvalue weighted by Crippen LogP contribution is 2.25. The van der Waals surface area contributed by atoms with E-state index in [2.05, 4.69) is 26.3 Å². The Balaban J connectivity index is 2.38. The number of nitrogens with zero attached hydrogens (tertiary/aromatic N) is 2. The number of hydrogen-bond donors (Lipinski definition) is 3. The zero-order valence-corrected chi connectivity index (χ0v) is 12.7. The van der Waals surface area contributed by atoms with Gasteiger partial charge in [-0.25, -0.2) is 4.79 Å². The molecule has 0 fully saturated rings. The number of carbonyl (C=O) groups is 2. The predicted octanol–water partition coefficient (Wildman–Crippen LogP) is 1.52. The number of aromatic nitrogens is 2. The van der Waals surface area contributed by atoms with E-state index in [4.69, 9.17) is 5.73 Å². The Morgan fingerprint density at radius 3 is 2.71 bits per heavy atom. The largest absolute Gasteiger partial charge is 0.479 e. The number of benzene rings is 1. The van der Waals surface area contributed by atoms with Gasteiger partial charge in [-0.3, -0.25) is 9.48 Å². The number of nitrogens with two attached hydrogens (primary N) is 1. The topological polar surface area (TPSA) is 110 Å². The molecule has 21 heavy (non-hydrogen) atoms. The molecule has 0 saturated heterocycles. The van der Waals surface area contributed by atoms with Crippen LogP contribution in [0, 0.1) is 0 Å². The van der Waals surface area contributed by atoms with E-state index in [1.807, 2.05) is 0 Å². The molecule has 1 atom stereocenters. The number of aryl methyl sites for hydroxylation is 1. The van der Waals surface area contributed by atoms with Crippen LogP contribution in [0.2, 0.25) is 0 Å². The molecule has 0 aliphatic heterocycles. The lowest BCUT2D eigenvalue weighted by molar-refractivity contribution is -0.138. The number of nitrogens with one attached hydrogen (secondary N) is 1. The lowest BCUT2D eigenvalue weighted by atomic mass is 10.1. The van der Waals surface area contributed by atoms with E-state index in [9.17, 15) is 14.7 Å². The number of hydrogen-bond acceptors (Lipinski definition) is 4. The summed E-state index contributed by atoms with van der Waals surface area (Å²) in [6, 6.07) is 3.79. The monoisotopic (exact) mass is 352 g/mol. The normalized spacial score (nSPS) is 11.9. The molecule has 1 aromatic carbocycles. The zero-order valence-electron chi connectivity index (χ0n) is 11.1. The maximum Gasteiger partial charge on any atom is 0.330 e. The molecule has 0 saturated carbocycles. The molecule has 0 bridgehead atoms. The second-order valence-electron chi connectivity index (χ2n) is 4.42. The highest BCUT2D eigenvalue weighted by atomic mass is 79.9. The van der Waals surface area contributed by atoms with Crippen molar-refractivity contribution in [2.24, 2.45) is 12.8 Å². The number of carboxylic acid groups (broad SMARTS) is 1. The summed E-state index contributed by atoms with van der Waals surface area (Å²) >= 11 is 3.24. The van der Waals surface area contributed by atoms with Crippen LogP contribution in [0.25, 0.3) is 0 Å². The van der Waals surface area contributed by atoms with Crippen LogP contribution in [-0.4, -0.2) is 26.8 Å². The molecule has 0 radical (unpaired) electrons. The van der Waals surface area contributed by atoms with Crippen molar-refractivity contribution in [3.05, 3.63) is 46.2 Å². The van der Waals surface area contributed by atoms with Gasteiger partial charge >= 0.3 is 5.97 Å². The first-order chi connectivity index (χ1) is 9.88. The Morgan fingerprint density at radius 2 is 2.19 bits per heavy atom. The van der Waals surface area contributed by atoms with Crippen molar-refractivity contribution in [1.82, 2.24) is 9.78 Å². The van der Waals surface area contributed by atoms with Gasteiger partial charge in [0.15, 0.2) is 6.04 Å². The van der Waals surface area contributed by atoms with E-state index in [1.54, 1.807) is 25.4 Å². The molecule has 0 aliphatic carbocycles. The number of carboxylic acids is 1. The third-order valence-electron chi connectivity index (χ3n) is 2.85. The molecule has 0 aliphatic rings. The van der Waals surface area contributed by atoms with Crippen molar-refractivity contribution < 1.29 is 14.7 Å². The zero-order chi connectivity index (χ0) is 15.6. The second kappa shape index (κ2) is 5.96. The molecule has 4 N–H and O–H groups in total. The summed E-state index contributed by atoms with van der Waals surface area (Å²) in [6.07, 6.45) is 3.04. The van der Waals surface area contributed by atoms with Crippen molar-refractivity contribution in [2.45, 2.75) is 6.04 Å². The maximum atomic E-state index is 11.5. The van der Waals surface area contributed by atoms with Crippen molar-refractivity contribution in [3.8, 4) is 0 Å². The van der Waals surface area contributed by atoms with Crippen LogP contribution in [0.3, 0.4) is 0 Å². The van der Waals surface area contributed by atoms with Gasteiger partial charge < -0.3 is 16.2 Å². The summed E-state index contributed by atoms with van der Waals surface area (Å²) in [5, 5.41) is 16.1. The minimum Gasteiger partial charge on any atom is -0.479 e. The lowest BCUT2D eigenvalue weighted by Crippen LogP contribution is -2.22. The van der Waals surface area contributed by atoms with E-state index in [0.717, 1.165) is 0 Å². The first-order valence-electron chi connectivity index (χ1n) is 5.95. The van der Waals surface area contributed by atoms with E-state index in [-0.39, 0.29) is 5.56 Å². The van der Waals surface area contributed by atoms with Crippen LogP contribution < -0.4 is 11.1 Å². The van der Waals surface area contributed by atoms with Crippen LogP contribution in [0.5, 0.6) is 0 Å². The summed E-state index contributed by atoms with van der Waals surface area (Å²) in [4.78, 5) is 22.9. The molecule has 0 spiro atoms. The van der Waals surface area contributed by atoms with Crippen molar-refractivity contribution in [1.29, 1.82) is 0 Å². The SMILES string of the molecule is Cn1cc(C(Nc2ccc(Br)cc2C(N)=O)C(=O)O)cn1. The Morgan fingerprint density at radius 1 is 1.48 bits per heavy atom. The van der Waals surface area contributed by atoms with Crippen LogP contribution in [-0.2, 0) is 11.8 Å². The predicted molar refractivity (Wildman–Crippen MR) is 79.9 cm³/mol. The summed E-state index contributed by atoms with van der Waals surface area (Å²) in [5.41, 5.74) is 6.35. The lowest BCUT2D eigenvalue weighted by Gasteiger charge is -2.16. The van der Waals surface area contributed by atoms with Gasteiger partial charge in [-0.1, -0.05) is 15.9 Å². The Labute approximate surface area is 128 Å². The molecule has 2 aromatic rings. The van der Waals surface area contributed by atoms with E-state index in [0.29, 0.717) is 15.7 Å². The molecule has 1 aromatic heterocycles. The minimum absolute atomic E-state index is 0.208. The van der Waals surface area contributed by atoms with Crippen LogP contribution in [0.15, 0.2) is 35.1 Å². The third kappa shape index (κ3) is 3.40. The molecular formula is C13H13BrN4O3. The van der Waals surface area contributed by atoms with Gasteiger partial charge in [-0.05, 0) is 18.2 Å². The fourth-order valence-corrected chi connectivity index (χ4v) is 2.24. The van der Waals surface area contributed by atoms with Gasteiger partial charge in [0.25, 0.3) is 5.91 Å². The second-order valence-corrected chi connectivity index (χ2v) is 5.33. The number of rotatable bonds is 5. The molecule has 8 heteroatoms. The fourth-order valence-electron chi connectivity index (χ4n) is 1.88. The van der Waals surface area contributed by atoms with Gasteiger partial charge in [0.2, 0.25) is 0 Å². The van der Waals surface area contributed by atoms with Crippen molar-refractivity contribution in [3.63, 3.8) is 0 Å². The standard InChI is InChI=1S/C13H13BrN4O3/c1-18-6-7(5-16-18)11(13(20)21)17-10-3-2-8(14)4-9(10)12(15)19/h2-6,11,17H,1H3,(H2,15,19)(H,20,21). The average molecular weight is 353 g/mol. The number of halogens is 1. The quantitative estimate of drug-likeness (QED) is 0.755. The highest BCUT2D eigenvalue weighted by Gasteiger charge is 2.23. The Hall–Kier alpha value is -2.35. The smallest absolute Gasteiger partial charge is 0.330 e. The van der Waals surface area contributed by atoms with Gasteiger partial charge in [0, 0.05) is 29.0 Å². The van der Waals surface area contributed by atoms with Crippen LogP contribution >= 0.6 is 15.9 Å².